The van der Waals surface area contributed by atoms with Crippen LogP contribution in [0.4, 0.5) is 5.00 Å². The Balaban J connectivity index is 1.66. The molecule has 1 aromatic carbocycles. The molecule has 20 heavy (non-hydrogen) atoms. The van der Waals surface area contributed by atoms with Crippen molar-refractivity contribution in [3.8, 4) is 11.3 Å². The summed E-state index contributed by atoms with van der Waals surface area (Å²) in [6.45, 7) is 1.29. The molecule has 1 aliphatic rings. The minimum Gasteiger partial charge on any atom is -0.381 e. The standard InChI is InChI=1S/C15H16N2O2S/c18-15(12-7-4-8-19-10-12)16-14-9-13(17-20-14)11-5-2-1-3-6-11/h1-3,5-6,9,12H,4,7-8,10H2,(H,16,18). The minimum absolute atomic E-state index is 0.0351. The smallest absolute Gasteiger partial charge is 0.230 e. The van der Waals surface area contributed by atoms with E-state index in [2.05, 4.69) is 9.69 Å². The van der Waals surface area contributed by atoms with Gasteiger partial charge in [0.1, 0.15) is 5.00 Å². The van der Waals surface area contributed by atoms with E-state index in [-0.39, 0.29) is 11.8 Å². The van der Waals surface area contributed by atoms with Gasteiger partial charge in [-0.3, -0.25) is 4.79 Å². The second-order valence-corrected chi connectivity index (χ2v) is 5.65. The molecule has 104 valence electrons. The van der Waals surface area contributed by atoms with Gasteiger partial charge in [0.15, 0.2) is 0 Å². The number of nitrogens with zero attached hydrogens (tertiary/aromatic N) is 1. The molecule has 0 aliphatic carbocycles. The molecule has 1 atom stereocenters. The molecule has 3 rings (SSSR count). The highest BCUT2D eigenvalue weighted by molar-refractivity contribution is 7.10. The first-order valence-corrected chi connectivity index (χ1v) is 7.51. The molecule has 5 heteroatoms. The van der Waals surface area contributed by atoms with Crippen molar-refractivity contribution < 1.29 is 9.53 Å². The maximum absolute atomic E-state index is 12.1. The Morgan fingerprint density at radius 3 is 2.95 bits per heavy atom. The van der Waals surface area contributed by atoms with Crippen LogP contribution in [0, 0.1) is 5.92 Å². The number of amides is 1. The molecule has 0 bridgehead atoms. The Kier molecular flexibility index (Phi) is 4.08. The third-order valence-electron chi connectivity index (χ3n) is 3.36. The van der Waals surface area contributed by atoms with E-state index >= 15 is 0 Å². The molecule has 1 saturated heterocycles. The van der Waals surface area contributed by atoms with Gasteiger partial charge >= 0.3 is 0 Å². The van der Waals surface area contributed by atoms with E-state index in [1.54, 1.807) is 0 Å². The third-order valence-corrected chi connectivity index (χ3v) is 4.06. The van der Waals surface area contributed by atoms with Gasteiger partial charge in [-0.2, -0.15) is 4.37 Å². The van der Waals surface area contributed by atoms with Gasteiger partial charge in [-0.15, -0.1) is 0 Å². The molecule has 2 heterocycles. The molecular weight excluding hydrogens is 272 g/mol. The molecule has 1 unspecified atom stereocenters. The normalized spacial score (nSPS) is 18.7. The van der Waals surface area contributed by atoms with Gasteiger partial charge in [-0.1, -0.05) is 30.3 Å². The molecule has 4 nitrogen and oxygen atoms in total. The van der Waals surface area contributed by atoms with E-state index in [1.165, 1.54) is 11.5 Å². The summed E-state index contributed by atoms with van der Waals surface area (Å²) in [4.78, 5) is 12.1. The topological polar surface area (TPSA) is 51.2 Å². The fourth-order valence-electron chi connectivity index (χ4n) is 2.25. The zero-order valence-electron chi connectivity index (χ0n) is 11.0. The fraction of sp³-hybridized carbons (Fsp3) is 0.333. The monoisotopic (exact) mass is 288 g/mol. The van der Waals surface area contributed by atoms with Gasteiger partial charge in [0.05, 0.1) is 18.2 Å². The number of nitrogens with one attached hydrogen (secondary N) is 1. The Morgan fingerprint density at radius 2 is 2.20 bits per heavy atom. The van der Waals surface area contributed by atoms with Crippen LogP contribution in [-0.2, 0) is 9.53 Å². The van der Waals surface area contributed by atoms with Gasteiger partial charge in [-0.05, 0) is 24.4 Å². The van der Waals surface area contributed by atoms with E-state index in [0.717, 1.165) is 35.7 Å². The molecule has 0 saturated carbocycles. The summed E-state index contributed by atoms with van der Waals surface area (Å²) in [5.74, 6) is -0.000938. The highest BCUT2D eigenvalue weighted by Crippen LogP contribution is 2.26. The van der Waals surface area contributed by atoms with E-state index in [1.807, 2.05) is 36.4 Å². The summed E-state index contributed by atoms with van der Waals surface area (Å²) < 4.78 is 9.72. The molecule has 0 spiro atoms. The third kappa shape index (κ3) is 3.05. The predicted octanol–water partition coefficient (Wildman–Crippen LogP) is 3.18. The second-order valence-electron chi connectivity index (χ2n) is 4.85. The summed E-state index contributed by atoms with van der Waals surface area (Å²) in [6, 6.07) is 11.9. The average Bonchev–Trinajstić information content (AvgIpc) is 2.97. The van der Waals surface area contributed by atoms with E-state index in [0.29, 0.717) is 6.61 Å². The van der Waals surface area contributed by atoms with Crippen LogP contribution in [0.5, 0.6) is 0 Å². The van der Waals surface area contributed by atoms with Crippen LogP contribution in [0.3, 0.4) is 0 Å². The number of aromatic nitrogens is 1. The first-order chi connectivity index (χ1) is 9.83. The summed E-state index contributed by atoms with van der Waals surface area (Å²) in [7, 11) is 0. The number of anilines is 1. The minimum atomic E-state index is -0.0361. The summed E-state index contributed by atoms with van der Waals surface area (Å²) in [5, 5.41) is 3.73. The molecule has 1 aromatic heterocycles. The number of benzene rings is 1. The zero-order chi connectivity index (χ0) is 13.8. The van der Waals surface area contributed by atoms with Crippen LogP contribution in [0.2, 0.25) is 0 Å². The Morgan fingerprint density at radius 1 is 1.35 bits per heavy atom. The number of hydrogen-bond donors (Lipinski definition) is 1. The van der Waals surface area contributed by atoms with Gasteiger partial charge in [0.25, 0.3) is 0 Å². The molecular formula is C15H16N2O2S. The van der Waals surface area contributed by atoms with Crippen LogP contribution < -0.4 is 5.32 Å². The summed E-state index contributed by atoms with van der Waals surface area (Å²) >= 11 is 1.31. The molecule has 1 aliphatic heterocycles. The van der Waals surface area contributed by atoms with Crippen molar-refractivity contribution in [2.24, 2.45) is 5.92 Å². The van der Waals surface area contributed by atoms with Crippen LogP contribution in [0.1, 0.15) is 12.8 Å². The second kappa shape index (κ2) is 6.15. The number of hydrogen-bond acceptors (Lipinski definition) is 4. The quantitative estimate of drug-likeness (QED) is 0.943. The molecule has 2 aromatic rings. The Bertz CT molecular complexity index is 577. The first kappa shape index (κ1) is 13.3. The van der Waals surface area contributed by atoms with Crippen LogP contribution in [0.15, 0.2) is 36.4 Å². The lowest BCUT2D eigenvalue weighted by Crippen LogP contribution is -2.29. The van der Waals surface area contributed by atoms with Crippen molar-refractivity contribution in [3.05, 3.63) is 36.4 Å². The van der Waals surface area contributed by atoms with E-state index in [9.17, 15) is 4.79 Å². The lowest BCUT2D eigenvalue weighted by atomic mass is 10.0. The highest BCUT2D eigenvalue weighted by atomic mass is 32.1. The molecule has 0 radical (unpaired) electrons. The molecule has 1 amide bonds. The van der Waals surface area contributed by atoms with Crippen molar-refractivity contribution in [3.63, 3.8) is 0 Å². The Hall–Kier alpha value is -1.72. The molecule has 1 N–H and O–H groups in total. The maximum Gasteiger partial charge on any atom is 0.230 e. The van der Waals surface area contributed by atoms with Gasteiger partial charge in [0, 0.05) is 18.2 Å². The largest absolute Gasteiger partial charge is 0.381 e. The lowest BCUT2D eigenvalue weighted by Gasteiger charge is -2.20. The number of carbonyl (C=O) groups is 1. The van der Waals surface area contributed by atoms with Gasteiger partial charge in [0.2, 0.25) is 5.91 Å². The predicted molar refractivity (Wildman–Crippen MR) is 79.7 cm³/mol. The van der Waals surface area contributed by atoms with Crippen molar-refractivity contribution in [1.82, 2.24) is 4.37 Å². The average molecular weight is 288 g/mol. The number of carbonyl (C=O) groups excluding carboxylic acids is 1. The van der Waals surface area contributed by atoms with Crippen molar-refractivity contribution >= 4 is 22.4 Å². The van der Waals surface area contributed by atoms with E-state index in [4.69, 9.17) is 4.74 Å². The van der Waals surface area contributed by atoms with Gasteiger partial charge in [-0.25, -0.2) is 0 Å². The van der Waals surface area contributed by atoms with Crippen molar-refractivity contribution in [2.75, 3.05) is 18.5 Å². The SMILES string of the molecule is O=C(Nc1cc(-c2ccccc2)ns1)C1CCCOC1. The Labute approximate surface area is 121 Å². The highest BCUT2D eigenvalue weighted by Gasteiger charge is 2.22. The van der Waals surface area contributed by atoms with Crippen molar-refractivity contribution in [1.29, 1.82) is 0 Å². The van der Waals surface area contributed by atoms with Crippen LogP contribution in [-0.4, -0.2) is 23.5 Å². The summed E-state index contributed by atoms with van der Waals surface area (Å²) in [5.41, 5.74) is 1.95. The van der Waals surface area contributed by atoms with Crippen LogP contribution >= 0.6 is 11.5 Å². The fourth-order valence-corrected chi connectivity index (χ4v) is 2.92. The zero-order valence-corrected chi connectivity index (χ0v) is 11.9. The number of rotatable bonds is 3. The molecule has 1 fully saturated rings. The van der Waals surface area contributed by atoms with Crippen molar-refractivity contribution in [2.45, 2.75) is 12.8 Å². The van der Waals surface area contributed by atoms with E-state index < -0.39 is 0 Å². The maximum atomic E-state index is 12.1. The lowest BCUT2D eigenvalue weighted by molar-refractivity contribution is -0.123. The number of ether oxygens (including phenoxy) is 1. The van der Waals surface area contributed by atoms with Gasteiger partial charge < -0.3 is 10.1 Å². The first-order valence-electron chi connectivity index (χ1n) is 6.73. The van der Waals surface area contributed by atoms with Crippen LogP contribution in [0.25, 0.3) is 11.3 Å². The summed E-state index contributed by atoms with van der Waals surface area (Å²) in [6.07, 6.45) is 1.85.